The Kier molecular flexibility index (Phi) is 3.71. The topological polar surface area (TPSA) is 90.8 Å². The zero-order valence-electron chi connectivity index (χ0n) is 14.2. The maximum Gasteiger partial charge on any atom is 0.233 e. The lowest BCUT2D eigenvalue weighted by Crippen LogP contribution is -2.29. The van der Waals surface area contributed by atoms with Gasteiger partial charge in [-0.2, -0.15) is 0 Å². The molecule has 26 heavy (non-hydrogen) atoms. The molecule has 0 spiro atoms. The van der Waals surface area contributed by atoms with Crippen molar-refractivity contribution in [3.8, 4) is 11.5 Å². The van der Waals surface area contributed by atoms with Crippen molar-refractivity contribution in [2.75, 3.05) is 13.1 Å². The highest BCUT2D eigenvalue weighted by atomic mass is 15.4. The molecule has 0 atom stereocenters. The first-order valence-electron chi connectivity index (χ1n) is 8.79. The molecule has 9 nitrogen and oxygen atoms in total. The summed E-state index contributed by atoms with van der Waals surface area (Å²) in [5.74, 6) is 1.50. The van der Waals surface area contributed by atoms with Crippen LogP contribution in [0.4, 0.5) is 0 Å². The van der Waals surface area contributed by atoms with Crippen LogP contribution in [0.15, 0.2) is 43.2 Å². The predicted octanol–water partition coefficient (Wildman–Crippen LogP) is 1.16. The summed E-state index contributed by atoms with van der Waals surface area (Å²) < 4.78 is 5.93. The van der Waals surface area contributed by atoms with Gasteiger partial charge in [-0.1, -0.05) is 5.21 Å². The van der Waals surface area contributed by atoms with E-state index in [0.29, 0.717) is 18.4 Å². The maximum absolute atomic E-state index is 4.56. The third kappa shape index (κ3) is 2.76. The van der Waals surface area contributed by atoms with Crippen LogP contribution >= 0.6 is 0 Å². The summed E-state index contributed by atoms with van der Waals surface area (Å²) in [5, 5.41) is 12.1. The molecule has 0 aromatic carbocycles. The molecule has 1 aliphatic rings. The Balaban J connectivity index is 1.41. The summed E-state index contributed by atoms with van der Waals surface area (Å²) in [5.41, 5.74) is 1.71. The summed E-state index contributed by atoms with van der Waals surface area (Å²) in [6.07, 6.45) is 13.5. The third-order valence-corrected chi connectivity index (χ3v) is 4.76. The Morgan fingerprint density at radius 2 is 2.00 bits per heavy atom. The van der Waals surface area contributed by atoms with Crippen molar-refractivity contribution in [1.82, 2.24) is 44.2 Å². The second kappa shape index (κ2) is 6.34. The van der Waals surface area contributed by atoms with Crippen LogP contribution in [0.25, 0.3) is 17.3 Å². The number of piperidine rings is 1. The Morgan fingerprint density at radius 3 is 2.88 bits per heavy atom. The fourth-order valence-electron chi connectivity index (χ4n) is 3.43. The van der Waals surface area contributed by atoms with Gasteiger partial charge in [0, 0.05) is 31.0 Å². The first-order valence-corrected chi connectivity index (χ1v) is 8.79. The monoisotopic (exact) mass is 349 g/mol. The SMILES string of the molecule is c1cnc2nc(Cn3ccnc3-c3cn(C4CCNCC4)nn3)cn2c1. The van der Waals surface area contributed by atoms with E-state index < -0.39 is 0 Å². The van der Waals surface area contributed by atoms with Crippen molar-refractivity contribution in [2.45, 2.75) is 25.4 Å². The minimum atomic E-state index is 0.408. The molecule has 132 valence electrons. The molecular weight excluding hydrogens is 330 g/mol. The molecule has 0 aliphatic carbocycles. The highest BCUT2D eigenvalue weighted by molar-refractivity contribution is 5.47. The maximum atomic E-state index is 4.56. The predicted molar refractivity (Wildman–Crippen MR) is 94.5 cm³/mol. The van der Waals surface area contributed by atoms with Gasteiger partial charge in [0.1, 0.15) is 5.69 Å². The second-order valence-electron chi connectivity index (χ2n) is 6.50. The number of nitrogens with one attached hydrogen (secondary N) is 1. The first kappa shape index (κ1) is 15.2. The van der Waals surface area contributed by atoms with Gasteiger partial charge in [-0.15, -0.1) is 5.10 Å². The molecule has 0 saturated carbocycles. The average molecular weight is 349 g/mol. The summed E-state index contributed by atoms with van der Waals surface area (Å²) in [6, 6.07) is 2.30. The summed E-state index contributed by atoms with van der Waals surface area (Å²) in [6.45, 7) is 2.66. The fourth-order valence-corrected chi connectivity index (χ4v) is 3.43. The number of rotatable bonds is 4. The number of aromatic nitrogens is 8. The Morgan fingerprint density at radius 1 is 1.08 bits per heavy atom. The minimum absolute atomic E-state index is 0.408. The molecule has 1 fully saturated rings. The average Bonchev–Trinajstić information content (AvgIpc) is 3.41. The Bertz CT molecular complexity index is 989. The number of nitrogens with zero attached hydrogens (tertiary/aromatic N) is 8. The lowest BCUT2D eigenvalue weighted by Gasteiger charge is -2.22. The number of hydrogen-bond donors (Lipinski definition) is 1. The largest absolute Gasteiger partial charge is 0.324 e. The zero-order valence-corrected chi connectivity index (χ0v) is 14.2. The standard InChI is InChI=1S/C17H19N9/c1-4-20-17-21-13(11-25(17)8-1)10-24-9-7-19-16(24)15-12-26(23-22-15)14-2-5-18-6-3-14/h1,4,7-9,11-12,14,18H,2-3,5-6,10H2. The number of imidazole rings is 2. The van der Waals surface area contributed by atoms with E-state index in [4.69, 9.17) is 0 Å². The van der Waals surface area contributed by atoms with Crippen LogP contribution in [0.5, 0.6) is 0 Å². The molecule has 5 rings (SSSR count). The molecule has 5 heterocycles. The van der Waals surface area contributed by atoms with E-state index in [1.165, 1.54) is 0 Å². The highest BCUT2D eigenvalue weighted by Crippen LogP contribution is 2.21. The van der Waals surface area contributed by atoms with Crippen LogP contribution in [-0.4, -0.2) is 52.0 Å². The third-order valence-electron chi connectivity index (χ3n) is 4.76. The number of hydrogen-bond acceptors (Lipinski definition) is 6. The molecule has 4 aromatic heterocycles. The molecule has 1 saturated heterocycles. The fraction of sp³-hybridized carbons (Fsp3) is 0.353. The van der Waals surface area contributed by atoms with Gasteiger partial charge in [-0.05, 0) is 32.0 Å². The molecule has 1 aliphatic heterocycles. The van der Waals surface area contributed by atoms with Gasteiger partial charge >= 0.3 is 0 Å². The van der Waals surface area contributed by atoms with Gasteiger partial charge in [0.15, 0.2) is 5.82 Å². The van der Waals surface area contributed by atoms with Crippen LogP contribution in [0.1, 0.15) is 24.6 Å². The Labute approximate surface area is 149 Å². The van der Waals surface area contributed by atoms with Crippen molar-refractivity contribution in [3.63, 3.8) is 0 Å². The van der Waals surface area contributed by atoms with E-state index >= 15 is 0 Å². The molecule has 1 N–H and O–H groups in total. The lowest BCUT2D eigenvalue weighted by molar-refractivity contribution is 0.337. The van der Waals surface area contributed by atoms with E-state index in [2.05, 4.69) is 30.6 Å². The van der Waals surface area contributed by atoms with E-state index in [9.17, 15) is 0 Å². The van der Waals surface area contributed by atoms with Crippen molar-refractivity contribution >= 4 is 5.78 Å². The van der Waals surface area contributed by atoms with E-state index in [0.717, 1.165) is 43.1 Å². The Hall–Kier alpha value is -3.07. The zero-order chi connectivity index (χ0) is 17.3. The normalized spacial score (nSPS) is 15.7. The molecule has 0 amide bonds. The summed E-state index contributed by atoms with van der Waals surface area (Å²) in [4.78, 5) is 13.3. The molecular formula is C17H19N9. The molecule has 0 radical (unpaired) electrons. The molecule has 0 bridgehead atoms. The quantitative estimate of drug-likeness (QED) is 0.594. The van der Waals surface area contributed by atoms with Gasteiger partial charge in [-0.25, -0.2) is 19.6 Å². The number of fused-ring (bicyclic) bond motifs is 1. The smallest absolute Gasteiger partial charge is 0.233 e. The van der Waals surface area contributed by atoms with Gasteiger partial charge in [0.2, 0.25) is 5.78 Å². The van der Waals surface area contributed by atoms with Gasteiger partial charge in [0.25, 0.3) is 0 Å². The van der Waals surface area contributed by atoms with Gasteiger partial charge < -0.3 is 9.88 Å². The molecule has 4 aromatic rings. The summed E-state index contributed by atoms with van der Waals surface area (Å²) >= 11 is 0. The van der Waals surface area contributed by atoms with Crippen LogP contribution < -0.4 is 5.32 Å². The van der Waals surface area contributed by atoms with E-state index in [-0.39, 0.29) is 0 Å². The molecule has 0 unspecified atom stereocenters. The van der Waals surface area contributed by atoms with Gasteiger partial charge in [0.05, 0.1) is 24.5 Å². The van der Waals surface area contributed by atoms with Crippen molar-refractivity contribution in [1.29, 1.82) is 0 Å². The molecule has 9 heteroatoms. The van der Waals surface area contributed by atoms with Crippen LogP contribution in [0.2, 0.25) is 0 Å². The van der Waals surface area contributed by atoms with Crippen molar-refractivity contribution in [2.24, 2.45) is 0 Å². The second-order valence-corrected chi connectivity index (χ2v) is 6.50. The first-order chi connectivity index (χ1) is 12.9. The minimum Gasteiger partial charge on any atom is -0.324 e. The van der Waals surface area contributed by atoms with Crippen LogP contribution in [-0.2, 0) is 6.54 Å². The van der Waals surface area contributed by atoms with Crippen molar-refractivity contribution in [3.05, 3.63) is 48.9 Å². The lowest BCUT2D eigenvalue weighted by atomic mass is 10.1. The van der Waals surface area contributed by atoms with E-state index in [1.807, 2.05) is 44.5 Å². The van der Waals surface area contributed by atoms with Crippen LogP contribution in [0.3, 0.4) is 0 Å². The van der Waals surface area contributed by atoms with Crippen molar-refractivity contribution < 1.29 is 0 Å². The highest BCUT2D eigenvalue weighted by Gasteiger charge is 2.18. The summed E-state index contributed by atoms with van der Waals surface area (Å²) in [7, 11) is 0. The van der Waals surface area contributed by atoms with E-state index in [1.54, 1.807) is 12.4 Å². The van der Waals surface area contributed by atoms with Gasteiger partial charge in [-0.3, -0.25) is 4.40 Å². The van der Waals surface area contributed by atoms with Crippen LogP contribution in [0, 0.1) is 0 Å².